The molecule has 0 aromatic carbocycles. The molecule has 0 N–H and O–H groups in total. The third-order valence-corrected chi connectivity index (χ3v) is 3.97. The summed E-state index contributed by atoms with van der Waals surface area (Å²) < 4.78 is 0. The van der Waals surface area contributed by atoms with E-state index in [-0.39, 0.29) is 5.41 Å². The molecule has 1 fully saturated rings. The molecule has 0 aromatic heterocycles. The van der Waals surface area contributed by atoms with E-state index in [2.05, 4.69) is 26.2 Å². The quantitative estimate of drug-likeness (QED) is 0.528. The zero-order chi connectivity index (χ0) is 11.3. The molecule has 1 nitrogen and oxygen atoms in total. The van der Waals surface area contributed by atoms with Crippen LogP contribution in [0, 0.1) is 5.41 Å². The molecule has 0 unspecified atom stereocenters. The van der Waals surface area contributed by atoms with Crippen LogP contribution in [0.2, 0.25) is 0 Å². The number of Topliss-reactive ketones (excluding diaryl/α,β-unsaturated/α-hetero) is 1. The smallest absolute Gasteiger partial charge is 0.164 e. The van der Waals surface area contributed by atoms with Gasteiger partial charge in [-0.05, 0) is 36.8 Å². The molecule has 1 aliphatic rings. The van der Waals surface area contributed by atoms with Gasteiger partial charge in [-0.3, -0.25) is 4.79 Å². The van der Waals surface area contributed by atoms with Gasteiger partial charge < -0.3 is 0 Å². The first-order valence-electron chi connectivity index (χ1n) is 5.93. The number of allylic oxidation sites excluding steroid dienone is 1. The lowest BCUT2D eigenvalue weighted by Crippen LogP contribution is -2.29. The summed E-state index contributed by atoms with van der Waals surface area (Å²) in [7, 11) is 0. The number of rotatable bonds is 4. The highest BCUT2D eigenvalue weighted by Gasteiger charge is 2.33. The fourth-order valence-corrected chi connectivity index (χ4v) is 2.88. The summed E-state index contributed by atoms with van der Waals surface area (Å²) in [5.41, 5.74) is 0.947. The highest BCUT2D eigenvalue weighted by Crippen LogP contribution is 2.35. The second kappa shape index (κ2) is 5.74. The number of hydrogen-bond donors (Lipinski definition) is 0. The van der Waals surface area contributed by atoms with E-state index in [0.717, 1.165) is 24.2 Å². The minimum atomic E-state index is -0.116. The minimum absolute atomic E-state index is 0.116. The van der Waals surface area contributed by atoms with E-state index in [1.54, 1.807) is 11.8 Å². The number of ketones is 1. The number of thioether (sulfide) groups is 1. The van der Waals surface area contributed by atoms with Crippen LogP contribution in [0.25, 0.3) is 0 Å². The molecule has 0 aliphatic heterocycles. The van der Waals surface area contributed by atoms with Crippen LogP contribution in [0.5, 0.6) is 0 Å². The standard InChI is InChI=1S/C13H22OS/c1-4-5-9-15-10-11-7-6-8-13(2,3)12(11)14/h10H,4-9H2,1-3H3/b11-10+. The van der Waals surface area contributed by atoms with Crippen LogP contribution in [0.15, 0.2) is 11.0 Å². The normalized spacial score (nSPS) is 23.4. The summed E-state index contributed by atoms with van der Waals surface area (Å²) in [4.78, 5) is 12.0. The molecule has 1 saturated carbocycles. The Morgan fingerprint density at radius 3 is 2.87 bits per heavy atom. The molecule has 0 atom stereocenters. The molecule has 2 heteroatoms. The van der Waals surface area contributed by atoms with E-state index in [1.807, 2.05) is 0 Å². The Hall–Kier alpha value is -0.240. The molecule has 0 spiro atoms. The van der Waals surface area contributed by atoms with Gasteiger partial charge in [-0.15, -0.1) is 11.8 Å². The monoisotopic (exact) mass is 226 g/mol. The molecule has 0 saturated heterocycles. The van der Waals surface area contributed by atoms with Gasteiger partial charge in [-0.2, -0.15) is 0 Å². The summed E-state index contributed by atoms with van der Waals surface area (Å²) in [5, 5.41) is 2.11. The average Bonchev–Trinajstić information content (AvgIpc) is 2.19. The maximum Gasteiger partial charge on any atom is 0.164 e. The Bertz CT molecular complexity index is 253. The van der Waals surface area contributed by atoms with Crippen molar-refractivity contribution in [2.24, 2.45) is 5.41 Å². The van der Waals surface area contributed by atoms with Crippen molar-refractivity contribution in [2.75, 3.05) is 5.75 Å². The van der Waals surface area contributed by atoms with Gasteiger partial charge in [-0.1, -0.05) is 27.2 Å². The predicted molar refractivity (Wildman–Crippen MR) is 68.1 cm³/mol. The minimum Gasteiger partial charge on any atom is -0.294 e. The molecular weight excluding hydrogens is 204 g/mol. The summed E-state index contributed by atoms with van der Waals surface area (Å²) in [5.74, 6) is 1.52. The molecule has 0 amide bonds. The lowest BCUT2D eigenvalue weighted by Gasteiger charge is -2.29. The zero-order valence-electron chi connectivity index (χ0n) is 10.1. The maximum atomic E-state index is 12.0. The van der Waals surface area contributed by atoms with Gasteiger partial charge in [0.25, 0.3) is 0 Å². The SMILES string of the molecule is CCCCS/C=C1\CCCC(C)(C)C1=O. The average molecular weight is 226 g/mol. The van der Waals surface area contributed by atoms with Gasteiger partial charge in [0.1, 0.15) is 0 Å². The van der Waals surface area contributed by atoms with Gasteiger partial charge in [0, 0.05) is 11.0 Å². The van der Waals surface area contributed by atoms with Crippen molar-refractivity contribution in [2.45, 2.75) is 52.9 Å². The molecular formula is C13H22OS. The first-order valence-corrected chi connectivity index (χ1v) is 6.98. The highest BCUT2D eigenvalue weighted by atomic mass is 32.2. The number of unbranched alkanes of at least 4 members (excludes halogenated alkanes) is 1. The van der Waals surface area contributed by atoms with Crippen LogP contribution in [0.1, 0.15) is 52.9 Å². The number of carbonyl (C=O) groups is 1. The maximum absolute atomic E-state index is 12.0. The molecule has 0 aromatic rings. The van der Waals surface area contributed by atoms with Crippen molar-refractivity contribution in [1.29, 1.82) is 0 Å². The number of hydrogen-bond acceptors (Lipinski definition) is 2. The van der Waals surface area contributed by atoms with E-state index < -0.39 is 0 Å². The van der Waals surface area contributed by atoms with Gasteiger partial charge in [0.2, 0.25) is 0 Å². The van der Waals surface area contributed by atoms with Crippen molar-refractivity contribution in [3.8, 4) is 0 Å². The molecule has 0 bridgehead atoms. The van der Waals surface area contributed by atoms with Crippen molar-refractivity contribution in [3.05, 3.63) is 11.0 Å². The summed E-state index contributed by atoms with van der Waals surface area (Å²) in [6.07, 6.45) is 5.67. The first kappa shape index (κ1) is 12.8. The lowest BCUT2D eigenvalue weighted by molar-refractivity contribution is -0.124. The molecule has 15 heavy (non-hydrogen) atoms. The van der Waals surface area contributed by atoms with Crippen LogP contribution in [-0.4, -0.2) is 11.5 Å². The van der Waals surface area contributed by atoms with E-state index >= 15 is 0 Å². The third kappa shape index (κ3) is 3.67. The van der Waals surface area contributed by atoms with Crippen molar-refractivity contribution < 1.29 is 4.79 Å². The Labute approximate surface area is 97.7 Å². The Morgan fingerprint density at radius 1 is 1.47 bits per heavy atom. The summed E-state index contributed by atoms with van der Waals surface area (Å²) >= 11 is 1.81. The molecule has 1 aliphatic carbocycles. The zero-order valence-corrected chi connectivity index (χ0v) is 11.0. The topological polar surface area (TPSA) is 17.1 Å². The lowest BCUT2D eigenvalue weighted by atomic mass is 9.74. The molecule has 0 heterocycles. The van der Waals surface area contributed by atoms with Gasteiger partial charge in [-0.25, -0.2) is 0 Å². The van der Waals surface area contributed by atoms with Crippen LogP contribution in [-0.2, 0) is 4.79 Å². The molecule has 86 valence electrons. The summed E-state index contributed by atoms with van der Waals surface area (Å²) in [6, 6.07) is 0. The molecule has 1 rings (SSSR count). The van der Waals surface area contributed by atoms with Crippen molar-refractivity contribution in [3.63, 3.8) is 0 Å². The second-order valence-electron chi connectivity index (χ2n) is 4.93. The van der Waals surface area contributed by atoms with Crippen molar-refractivity contribution >= 4 is 17.5 Å². The first-order chi connectivity index (χ1) is 7.08. The fraction of sp³-hybridized carbons (Fsp3) is 0.769. The van der Waals surface area contributed by atoms with E-state index in [9.17, 15) is 4.79 Å². The number of carbonyl (C=O) groups excluding carboxylic acids is 1. The fourth-order valence-electron chi connectivity index (χ4n) is 1.88. The molecule has 0 radical (unpaired) electrons. The third-order valence-electron chi connectivity index (χ3n) is 3.00. The van der Waals surface area contributed by atoms with Crippen LogP contribution >= 0.6 is 11.8 Å². The predicted octanol–water partition coefficient (Wildman–Crippen LogP) is 4.18. The van der Waals surface area contributed by atoms with Crippen LogP contribution < -0.4 is 0 Å². The second-order valence-corrected chi connectivity index (χ2v) is 5.91. The Morgan fingerprint density at radius 2 is 2.20 bits per heavy atom. The highest BCUT2D eigenvalue weighted by molar-refractivity contribution is 8.02. The van der Waals surface area contributed by atoms with Gasteiger partial charge in [0.05, 0.1) is 0 Å². The van der Waals surface area contributed by atoms with E-state index in [4.69, 9.17) is 0 Å². The Kier molecular flexibility index (Phi) is 4.91. The van der Waals surface area contributed by atoms with Crippen LogP contribution in [0.3, 0.4) is 0 Å². The van der Waals surface area contributed by atoms with Crippen LogP contribution in [0.4, 0.5) is 0 Å². The largest absolute Gasteiger partial charge is 0.294 e. The van der Waals surface area contributed by atoms with Gasteiger partial charge >= 0.3 is 0 Å². The Balaban J connectivity index is 2.50. The van der Waals surface area contributed by atoms with E-state index in [0.29, 0.717) is 5.78 Å². The van der Waals surface area contributed by atoms with Crippen molar-refractivity contribution in [1.82, 2.24) is 0 Å². The van der Waals surface area contributed by atoms with E-state index in [1.165, 1.54) is 19.3 Å². The summed E-state index contributed by atoms with van der Waals surface area (Å²) in [6.45, 7) is 6.33. The van der Waals surface area contributed by atoms with Gasteiger partial charge in [0.15, 0.2) is 5.78 Å².